The van der Waals surface area contributed by atoms with Crippen molar-refractivity contribution >= 4 is 33.2 Å². The van der Waals surface area contributed by atoms with Crippen LogP contribution in [-0.4, -0.2) is 20.1 Å². The minimum Gasteiger partial charge on any atom is -0.497 e. The molecule has 0 saturated carbocycles. The van der Waals surface area contributed by atoms with Gasteiger partial charge in [-0.15, -0.1) is 0 Å². The number of carbonyl (C=O) groups is 1. The fourth-order valence-corrected chi connectivity index (χ4v) is 4.71. The van der Waals surface area contributed by atoms with Crippen molar-refractivity contribution in [1.82, 2.24) is 5.32 Å². The number of amides is 1. The van der Waals surface area contributed by atoms with Crippen LogP contribution in [-0.2, 0) is 11.3 Å². The van der Waals surface area contributed by atoms with Gasteiger partial charge in [-0.25, -0.2) is 0 Å². The highest BCUT2D eigenvalue weighted by atomic mass is 16.5. The standard InChI is InChI=1S/C32H29NO4/c1-20(15-30(34)33-18-22-9-13-26(35-3)14-10-22)27-17-28-29(19-37-32(28)21(2)31(27)36-4)25-12-11-23-7-5-6-8-24(23)16-25/h5-17,19H,18H2,1-4H3,(H,33,34)/b20-15+. The topological polar surface area (TPSA) is 60.7 Å². The fourth-order valence-electron chi connectivity index (χ4n) is 4.71. The number of benzene rings is 4. The van der Waals surface area contributed by atoms with Crippen molar-refractivity contribution in [2.24, 2.45) is 0 Å². The molecule has 0 aliphatic rings. The second-order valence-corrected chi connectivity index (χ2v) is 9.06. The summed E-state index contributed by atoms with van der Waals surface area (Å²) in [6, 6.07) is 24.4. The highest BCUT2D eigenvalue weighted by Gasteiger charge is 2.19. The van der Waals surface area contributed by atoms with Crippen molar-refractivity contribution in [1.29, 1.82) is 0 Å². The van der Waals surface area contributed by atoms with Crippen LogP contribution in [0.25, 0.3) is 38.4 Å². The number of allylic oxidation sites excluding steroid dienone is 1. The average molecular weight is 492 g/mol. The van der Waals surface area contributed by atoms with Crippen LogP contribution >= 0.6 is 0 Å². The van der Waals surface area contributed by atoms with E-state index in [1.807, 2.05) is 50.2 Å². The zero-order valence-corrected chi connectivity index (χ0v) is 21.4. The summed E-state index contributed by atoms with van der Waals surface area (Å²) in [5, 5.41) is 6.30. The molecular weight excluding hydrogens is 462 g/mol. The maximum Gasteiger partial charge on any atom is 0.244 e. The van der Waals surface area contributed by atoms with Crippen molar-refractivity contribution in [2.75, 3.05) is 14.2 Å². The van der Waals surface area contributed by atoms with Crippen LogP contribution in [0.5, 0.6) is 11.5 Å². The molecule has 4 aromatic carbocycles. The lowest BCUT2D eigenvalue weighted by atomic mass is 9.95. The van der Waals surface area contributed by atoms with Crippen molar-refractivity contribution in [2.45, 2.75) is 20.4 Å². The molecule has 1 aromatic heterocycles. The van der Waals surface area contributed by atoms with Gasteiger partial charge in [-0.1, -0.05) is 48.5 Å². The van der Waals surface area contributed by atoms with Crippen LogP contribution < -0.4 is 14.8 Å². The van der Waals surface area contributed by atoms with Gasteiger partial charge in [0.2, 0.25) is 5.91 Å². The first-order chi connectivity index (χ1) is 18.0. The second kappa shape index (κ2) is 10.2. The summed E-state index contributed by atoms with van der Waals surface area (Å²) < 4.78 is 17.0. The van der Waals surface area contributed by atoms with Gasteiger partial charge in [0.15, 0.2) is 0 Å². The molecule has 1 N–H and O–H groups in total. The first kappa shape index (κ1) is 24.2. The van der Waals surface area contributed by atoms with Crippen LogP contribution in [0, 0.1) is 6.92 Å². The number of ether oxygens (including phenoxy) is 2. The molecule has 0 atom stereocenters. The SMILES string of the molecule is COc1ccc(CNC(=O)/C=C(\C)c2cc3c(-c4ccc5ccccc5c4)coc3c(C)c2OC)cc1. The third kappa shape index (κ3) is 4.81. The number of methoxy groups -OCH3 is 2. The number of hydrogen-bond donors (Lipinski definition) is 1. The van der Waals surface area contributed by atoms with Crippen LogP contribution in [0.2, 0.25) is 0 Å². The first-order valence-electron chi connectivity index (χ1n) is 12.2. The Morgan fingerprint density at radius 2 is 1.70 bits per heavy atom. The lowest BCUT2D eigenvalue weighted by Crippen LogP contribution is -2.20. The van der Waals surface area contributed by atoms with E-state index in [1.54, 1.807) is 26.6 Å². The summed E-state index contributed by atoms with van der Waals surface area (Å²) in [6.45, 7) is 4.33. The smallest absolute Gasteiger partial charge is 0.244 e. The fraction of sp³-hybridized carbons (Fsp3) is 0.156. The lowest BCUT2D eigenvalue weighted by molar-refractivity contribution is -0.116. The summed E-state index contributed by atoms with van der Waals surface area (Å²) >= 11 is 0. The van der Waals surface area contributed by atoms with Gasteiger partial charge >= 0.3 is 0 Å². The number of carbonyl (C=O) groups excluding carboxylic acids is 1. The maximum absolute atomic E-state index is 12.8. The van der Waals surface area contributed by atoms with E-state index in [9.17, 15) is 4.79 Å². The van der Waals surface area contributed by atoms with Gasteiger partial charge in [-0.2, -0.15) is 0 Å². The molecule has 37 heavy (non-hydrogen) atoms. The summed E-state index contributed by atoms with van der Waals surface area (Å²) in [4.78, 5) is 12.8. The summed E-state index contributed by atoms with van der Waals surface area (Å²) in [5.41, 5.74) is 6.41. The van der Waals surface area contributed by atoms with E-state index in [0.29, 0.717) is 12.3 Å². The van der Waals surface area contributed by atoms with Crippen molar-refractivity contribution < 1.29 is 18.7 Å². The van der Waals surface area contributed by atoms with Crippen molar-refractivity contribution in [3.63, 3.8) is 0 Å². The van der Waals surface area contributed by atoms with Crippen LogP contribution in [0.4, 0.5) is 0 Å². The molecule has 5 heteroatoms. The monoisotopic (exact) mass is 491 g/mol. The normalized spacial score (nSPS) is 11.6. The molecule has 5 rings (SSSR count). The molecule has 1 heterocycles. The molecule has 0 unspecified atom stereocenters. The molecule has 0 spiro atoms. The van der Waals surface area contributed by atoms with E-state index in [0.717, 1.165) is 50.1 Å². The van der Waals surface area contributed by atoms with Gasteiger partial charge in [0.05, 0.1) is 20.5 Å². The molecule has 1 amide bonds. The van der Waals surface area contributed by atoms with Crippen molar-refractivity contribution in [3.05, 3.63) is 102 Å². The Balaban J connectivity index is 1.48. The van der Waals surface area contributed by atoms with Gasteiger partial charge < -0.3 is 19.2 Å². The van der Waals surface area contributed by atoms with Gasteiger partial charge in [0.1, 0.15) is 17.1 Å². The number of furan rings is 1. The number of fused-ring (bicyclic) bond motifs is 2. The summed E-state index contributed by atoms with van der Waals surface area (Å²) in [6.07, 6.45) is 3.41. The molecule has 0 radical (unpaired) electrons. The Morgan fingerprint density at radius 1 is 0.946 bits per heavy atom. The molecular formula is C32H29NO4. The Hall–Kier alpha value is -4.51. The van der Waals surface area contributed by atoms with Gasteiger partial charge in [0, 0.05) is 34.7 Å². The Morgan fingerprint density at radius 3 is 2.43 bits per heavy atom. The minimum absolute atomic E-state index is 0.171. The van der Waals surface area contributed by atoms with Crippen LogP contribution in [0.3, 0.4) is 0 Å². The maximum atomic E-state index is 12.8. The van der Waals surface area contributed by atoms with Gasteiger partial charge in [0.25, 0.3) is 0 Å². The first-order valence-corrected chi connectivity index (χ1v) is 12.2. The zero-order valence-electron chi connectivity index (χ0n) is 21.4. The molecule has 0 aliphatic heterocycles. The van der Waals surface area contributed by atoms with E-state index >= 15 is 0 Å². The van der Waals surface area contributed by atoms with Crippen LogP contribution in [0.15, 0.2) is 89.6 Å². The second-order valence-electron chi connectivity index (χ2n) is 9.06. The van der Waals surface area contributed by atoms with Gasteiger partial charge in [-0.05, 0) is 65.6 Å². The largest absolute Gasteiger partial charge is 0.497 e. The highest BCUT2D eigenvalue weighted by molar-refractivity contribution is 6.02. The molecule has 0 aliphatic carbocycles. The van der Waals surface area contributed by atoms with E-state index < -0.39 is 0 Å². The molecule has 0 saturated heterocycles. The molecule has 186 valence electrons. The number of hydrogen-bond acceptors (Lipinski definition) is 4. The minimum atomic E-state index is -0.171. The van der Waals surface area contributed by atoms with E-state index in [1.165, 1.54) is 10.8 Å². The Kier molecular flexibility index (Phi) is 6.69. The summed E-state index contributed by atoms with van der Waals surface area (Å²) in [5.74, 6) is 1.31. The van der Waals surface area contributed by atoms with E-state index in [2.05, 4.69) is 41.7 Å². The molecule has 0 fully saturated rings. The highest BCUT2D eigenvalue weighted by Crippen LogP contribution is 2.41. The molecule has 0 bridgehead atoms. The number of rotatable bonds is 7. The Bertz CT molecular complexity index is 1630. The summed E-state index contributed by atoms with van der Waals surface area (Å²) in [7, 11) is 3.27. The number of aryl methyl sites for hydroxylation is 1. The van der Waals surface area contributed by atoms with Crippen LogP contribution in [0.1, 0.15) is 23.6 Å². The Labute approximate surface area is 216 Å². The quantitative estimate of drug-likeness (QED) is 0.243. The van der Waals surface area contributed by atoms with Gasteiger partial charge in [-0.3, -0.25) is 4.79 Å². The average Bonchev–Trinajstić information content (AvgIpc) is 3.36. The third-order valence-corrected chi connectivity index (χ3v) is 6.71. The molecule has 5 nitrogen and oxygen atoms in total. The number of nitrogens with one attached hydrogen (secondary N) is 1. The zero-order chi connectivity index (χ0) is 25.9. The lowest BCUT2D eigenvalue weighted by Gasteiger charge is -2.13. The van der Waals surface area contributed by atoms with E-state index in [4.69, 9.17) is 13.9 Å². The van der Waals surface area contributed by atoms with E-state index in [-0.39, 0.29) is 5.91 Å². The predicted molar refractivity (Wildman–Crippen MR) is 149 cm³/mol. The molecule has 5 aromatic rings. The van der Waals surface area contributed by atoms with Crippen molar-refractivity contribution in [3.8, 4) is 22.6 Å². The predicted octanol–water partition coefficient (Wildman–Crippen LogP) is 7.30. The third-order valence-electron chi connectivity index (χ3n) is 6.71.